The van der Waals surface area contributed by atoms with E-state index in [0.29, 0.717) is 5.46 Å². The van der Waals surface area contributed by atoms with Gasteiger partial charge < -0.3 is 38.6 Å². The van der Waals surface area contributed by atoms with Crippen LogP contribution in [-0.4, -0.2) is 93.1 Å². The lowest BCUT2D eigenvalue weighted by atomic mass is 9.80. The van der Waals surface area contributed by atoms with Crippen molar-refractivity contribution in [2.24, 2.45) is 0 Å². The highest BCUT2D eigenvalue weighted by Crippen LogP contribution is 2.36. The Labute approximate surface area is 228 Å². The van der Waals surface area contributed by atoms with Gasteiger partial charge in [-0.2, -0.15) is 0 Å². The van der Waals surface area contributed by atoms with Crippen molar-refractivity contribution in [3.63, 3.8) is 0 Å². The van der Waals surface area contributed by atoms with E-state index >= 15 is 0 Å². The number of ether oxygens (including phenoxy) is 2. The van der Waals surface area contributed by atoms with Gasteiger partial charge in [0, 0.05) is 43.5 Å². The van der Waals surface area contributed by atoms with Crippen LogP contribution < -0.4 is 20.7 Å². The fraction of sp³-hybridized carbons (Fsp3) is 0.593. The summed E-state index contributed by atoms with van der Waals surface area (Å²) in [6.07, 6.45) is 1.85. The third-order valence-electron chi connectivity index (χ3n) is 7.20. The minimum atomic E-state index is -1.39. The minimum absolute atomic E-state index is 0.319. The van der Waals surface area contributed by atoms with Crippen LogP contribution in [-0.2, 0) is 18.8 Å². The summed E-state index contributed by atoms with van der Waals surface area (Å²) in [4.78, 5) is 9.01. The van der Waals surface area contributed by atoms with E-state index in [9.17, 15) is 0 Å². The van der Waals surface area contributed by atoms with Crippen molar-refractivity contribution in [1.29, 1.82) is 0 Å². The Bertz CT molecular complexity index is 948. The van der Waals surface area contributed by atoms with Gasteiger partial charge in [0.05, 0.1) is 37.6 Å². The molecular formula is C27H43B2N3O6. The van der Waals surface area contributed by atoms with Crippen LogP contribution in [0.1, 0.15) is 41.5 Å². The van der Waals surface area contributed by atoms with E-state index in [1.807, 2.05) is 44.3 Å². The van der Waals surface area contributed by atoms with Gasteiger partial charge in [0.25, 0.3) is 0 Å². The quantitative estimate of drug-likeness (QED) is 0.573. The van der Waals surface area contributed by atoms with Crippen molar-refractivity contribution in [2.45, 2.75) is 52.7 Å². The van der Waals surface area contributed by atoms with Crippen LogP contribution in [0.4, 0.5) is 11.5 Å². The van der Waals surface area contributed by atoms with E-state index in [1.54, 1.807) is 12.1 Å². The topological polar surface area (TPSA) is 96.8 Å². The normalized spacial score (nSPS) is 20.2. The van der Waals surface area contributed by atoms with Crippen LogP contribution in [0.15, 0.2) is 42.6 Å². The highest BCUT2D eigenvalue weighted by atomic mass is 16.7. The van der Waals surface area contributed by atoms with Crippen LogP contribution >= 0.6 is 0 Å². The van der Waals surface area contributed by atoms with E-state index in [-0.39, 0.29) is 18.3 Å². The maximum atomic E-state index is 8.95. The first kappa shape index (κ1) is 30.4. The Balaban J connectivity index is 0.000000208. The number of nitrogens with zero attached hydrogens (tertiary/aromatic N) is 3. The smallest absolute Gasteiger partial charge is 0.423 e. The molecule has 4 heterocycles. The number of benzene rings is 1. The maximum absolute atomic E-state index is 8.95. The standard InChI is InChI=1S/C15H23BN2O3.C10H14BNO3.C2H6/c1-14(2)15(3,4)21-16(20-14)12-5-6-13(17-11-12)18-7-9-19-10-8-18;13-11(14)9-1-3-10(4-2-9)12-5-7-15-8-6-12;1-2/h5-6,11H,7-10H2,1-4H3;1-4,13-14H,5-8H2;1-2H3. The minimum Gasteiger partial charge on any atom is -0.423 e. The molecule has 1 aromatic heterocycles. The van der Waals surface area contributed by atoms with Gasteiger partial charge in [0.2, 0.25) is 0 Å². The Hall–Kier alpha value is -2.14. The van der Waals surface area contributed by atoms with Gasteiger partial charge in [-0.1, -0.05) is 32.0 Å². The van der Waals surface area contributed by atoms with Gasteiger partial charge in [-0.15, -0.1) is 0 Å². The molecule has 38 heavy (non-hydrogen) atoms. The fourth-order valence-corrected chi connectivity index (χ4v) is 4.17. The molecular weight excluding hydrogens is 484 g/mol. The number of morpholine rings is 2. The first-order valence-corrected chi connectivity index (χ1v) is 13.6. The summed E-state index contributed by atoms with van der Waals surface area (Å²) >= 11 is 0. The monoisotopic (exact) mass is 527 g/mol. The zero-order valence-electron chi connectivity index (χ0n) is 23.7. The highest BCUT2D eigenvalue weighted by molar-refractivity contribution is 6.62. The molecule has 0 radical (unpaired) electrons. The number of aromatic nitrogens is 1. The summed E-state index contributed by atoms with van der Waals surface area (Å²) in [5.41, 5.74) is 1.95. The SMILES string of the molecule is CC.CC1(C)OB(c2ccc(N3CCOCC3)nc2)OC1(C)C.OB(O)c1ccc(N2CCOCC2)cc1. The van der Waals surface area contributed by atoms with Crippen molar-refractivity contribution in [3.8, 4) is 0 Å². The predicted molar refractivity (Wildman–Crippen MR) is 154 cm³/mol. The third-order valence-corrected chi connectivity index (χ3v) is 7.20. The van der Waals surface area contributed by atoms with Crippen LogP contribution in [0, 0.1) is 0 Å². The lowest BCUT2D eigenvalue weighted by molar-refractivity contribution is 0.00578. The van der Waals surface area contributed by atoms with Crippen molar-refractivity contribution < 1.29 is 28.8 Å². The molecule has 2 aromatic rings. The largest absolute Gasteiger partial charge is 0.496 e. The molecule has 0 amide bonds. The lowest BCUT2D eigenvalue weighted by Crippen LogP contribution is -2.41. The number of pyridine rings is 1. The van der Waals surface area contributed by atoms with E-state index < -0.39 is 7.12 Å². The zero-order chi connectivity index (χ0) is 27.8. The first-order chi connectivity index (χ1) is 18.2. The summed E-state index contributed by atoms with van der Waals surface area (Å²) in [7, 11) is -1.73. The van der Waals surface area contributed by atoms with Crippen molar-refractivity contribution >= 4 is 36.7 Å². The van der Waals surface area contributed by atoms with Crippen LogP contribution in [0.5, 0.6) is 0 Å². The number of hydrogen-bond donors (Lipinski definition) is 2. The van der Waals surface area contributed by atoms with Crippen LogP contribution in [0.25, 0.3) is 0 Å². The maximum Gasteiger partial charge on any atom is 0.496 e. The number of rotatable bonds is 4. The third kappa shape index (κ3) is 7.71. The second kappa shape index (κ2) is 13.8. The average Bonchev–Trinajstić information content (AvgIpc) is 3.17. The molecule has 9 nitrogen and oxygen atoms in total. The zero-order valence-corrected chi connectivity index (χ0v) is 23.7. The first-order valence-electron chi connectivity index (χ1n) is 13.6. The fourth-order valence-electron chi connectivity index (χ4n) is 4.17. The molecule has 3 aliphatic rings. The Kier molecular flexibility index (Phi) is 11.0. The van der Waals surface area contributed by atoms with Crippen LogP contribution in [0.3, 0.4) is 0 Å². The Morgan fingerprint density at radius 3 is 1.71 bits per heavy atom. The summed E-state index contributed by atoms with van der Waals surface area (Å²) in [5.74, 6) is 0.985. The van der Waals surface area contributed by atoms with Gasteiger partial charge in [-0.25, -0.2) is 4.98 Å². The number of hydrogen-bond acceptors (Lipinski definition) is 9. The lowest BCUT2D eigenvalue weighted by Gasteiger charge is -2.32. The Morgan fingerprint density at radius 1 is 0.763 bits per heavy atom. The molecule has 11 heteroatoms. The van der Waals surface area contributed by atoms with E-state index in [4.69, 9.17) is 28.8 Å². The molecule has 0 unspecified atom stereocenters. The molecule has 2 N–H and O–H groups in total. The van der Waals surface area contributed by atoms with Crippen molar-refractivity contribution in [1.82, 2.24) is 4.98 Å². The second-order valence-corrected chi connectivity index (χ2v) is 10.2. The molecule has 3 fully saturated rings. The van der Waals surface area contributed by atoms with E-state index in [1.165, 1.54) is 0 Å². The summed E-state index contributed by atoms with van der Waals surface area (Å²) in [6.45, 7) is 18.8. The van der Waals surface area contributed by atoms with Crippen molar-refractivity contribution in [2.75, 3.05) is 62.4 Å². The molecule has 0 spiro atoms. The van der Waals surface area contributed by atoms with Gasteiger partial charge in [0.15, 0.2) is 0 Å². The summed E-state index contributed by atoms with van der Waals surface area (Å²) < 4.78 is 22.7. The molecule has 0 aliphatic carbocycles. The van der Waals surface area contributed by atoms with Gasteiger partial charge in [-0.3, -0.25) is 0 Å². The van der Waals surface area contributed by atoms with Gasteiger partial charge in [-0.05, 0) is 51.4 Å². The molecule has 208 valence electrons. The second-order valence-electron chi connectivity index (χ2n) is 10.2. The van der Waals surface area contributed by atoms with Gasteiger partial charge >= 0.3 is 14.2 Å². The number of anilines is 2. The van der Waals surface area contributed by atoms with Gasteiger partial charge in [0.1, 0.15) is 5.82 Å². The molecule has 5 rings (SSSR count). The molecule has 0 saturated carbocycles. The molecule has 0 bridgehead atoms. The molecule has 1 aromatic carbocycles. The highest BCUT2D eigenvalue weighted by Gasteiger charge is 2.51. The van der Waals surface area contributed by atoms with E-state index in [2.05, 4.69) is 42.5 Å². The van der Waals surface area contributed by atoms with Crippen molar-refractivity contribution in [3.05, 3.63) is 42.6 Å². The molecule has 0 atom stereocenters. The summed E-state index contributed by atoms with van der Waals surface area (Å²) in [5, 5.41) is 17.9. The predicted octanol–water partition coefficient (Wildman–Crippen LogP) is 1.45. The Morgan fingerprint density at radius 2 is 1.26 bits per heavy atom. The molecule has 3 aliphatic heterocycles. The summed E-state index contributed by atoms with van der Waals surface area (Å²) in [6, 6.07) is 11.3. The average molecular weight is 527 g/mol. The molecule has 3 saturated heterocycles. The van der Waals surface area contributed by atoms with Crippen LogP contribution in [0.2, 0.25) is 0 Å². The van der Waals surface area contributed by atoms with E-state index in [0.717, 1.165) is 69.6 Å².